The van der Waals surface area contributed by atoms with Crippen LogP contribution in [-0.4, -0.2) is 12.2 Å². The minimum Gasteiger partial charge on any atom is -0.374 e. The monoisotopic (exact) mass is 254 g/mol. The van der Waals surface area contributed by atoms with Crippen LogP contribution in [0.25, 0.3) is 0 Å². The lowest BCUT2D eigenvalue weighted by Gasteiger charge is -2.18. The van der Waals surface area contributed by atoms with Gasteiger partial charge in [-0.05, 0) is 25.3 Å². The maximum absolute atomic E-state index is 5.83. The topological polar surface area (TPSA) is 9.23 Å². The van der Waals surface area contributed by atoms with E-state index >= 15 is 0 Å². The Kier molecular flexibility index (Phi) is 3.24. The van der Waals surface area contributed by atoms with E-state index in [0.29, 0.717) is 17.0 Å². The quantitative estimate of drug-likeness (QED) is 0.732. The molecular formula is C12H15BrO. The molecule has 1 aliphatic rings. The molecule has 0 N–H and O–H groups in total. The molecule has 14 heavy (non-hydrogen) atoms. The fourth-order valence-electron chi connectivity index (χ4n) is 1.90. The third-order valence-corrected chi connectivity index (χ3v) is 3.83. The van der Waals surface area contributed by atoms with Crippen LogP contribution in [0.4, 0.5) is 0 Å². The number of hydrogen-bond acceptors (Lipinski definition) is 1. The summed E-state index contributed by atoms with van der Waals surface area (Å²) in [6.45, 7) is 2.14. The van der Waals surface area contributed by atoms with E-state index < -0.39 is 0 Å². The fraction of sp³-hybridized carbons (Fsp3) is 0.500. The van der Waals surface area contributed by atoms with Gasteiger partial charge in [0.05, 0.1) is 17.0 Å². The van der Waals surface area contributed by atoms with E-state index in [-0.39, 0.29) is 0 Å². The van der Waals surface area contributed by atoms with Gasteiger partial charge in [0.15, 0.2) is 0 Å². The highest BCUT2D eigenvalue weighted by Gasteiger charge is 2.28. The first kappa shape index (κ1) is 10.2. The number of benzene rings is 1. The second kappa shape index (κ2) is 4.45. The van der Waals surface area contributed by atoms with E-state index in [0.717, 1.165) is 6.42 Å². The van der Waals surface area contributed by atoms with E-state index in [1.54, 1.807) is 0 Å². The molecule has 3 unspecified atom stereocenters. The molecular weight excluding hydrogens is 240 g/mol. The molecule has 0 aliphatic carbocycles. The van der Waals surface area contributed by atoms with Crippen molar-refractivity contribution in [1.29, 1.82) is 0 Å². The molecule has 0 spiro atoms. The van der Waals surface area contributed by atoms with Crippen LogP contribution in [0.15, 0.2) is 30.3 Å². The van der Waals surface area contributed by atoms with Crippen LogP contribution >= 0.6 is 15.9 Å². The summed E-state index contributed by atoms with van der Waals surface area (Å²) in [5.74, 6) is 0. The van der Waals surface area contributed by atoms with Crippen molar-refractivity contribution in [1.82, 2.24) is 0 Å². The minimum absolute atomic E-state index is 0.340. The van der Waals surface area contributed by atoms with Crippen LogP contribution in [0.2, 0.25) is 0 Å². The summed E-state index contributed by atoms with van der Waals surface area (Å²) in [4.78, 5) is 0.341. The predicted octanol–water partition coefficient (Wildman–Crippen LogP) is 3.69. The second-order valence-corrected chi connectivity index (χ2v) is 4.86. The summed E-state index contributed by atoms with van der Waals surface area (Å²) in [6, 6.07) is 10.5. The molecule has 2 heteroatoms. The second-order valence-electron chi connectivity index (χ2n) is 3.87. The number of hydrogen-bond donors (Lipinski definition) is 0. The Hall–Kier alpha value is -0.340. The Morgan fingerprint density at radius 2 is 2.00 bits per heavy atom. The van der Waals surface area contributed by atoms with Gasteiger partial charge in [0.25, 0.3) is 0 Å². The van der Waals surface area contributed by atoms with Crippen molar-refractivity contribution < 1.29 is 4.74 Å². The molecule has 76 valence electrons. The van der Waals surface area contributed by atoms with Gasteiger partial charge < -0.3 is 4.74 Å². The van der Waals surface area contributed by atoms with Gasteiger partial charge in [-0.1, -0.05) is 46.3 Å². The first-order valence-electron chi connectivity index (χ1n) is 5.12. The smallest absolute Gasteiger partial charge is 0.0745 e. The van der Waals surface area contributed by atoms with Gasteiger partial charge in [-0.2, -0.15) is 0 Å². The van der Waals surface area contributed by atoms with Crippen molar-refractivity contribution in [2.45, 2.75) is 36.8 Å². The van der Waals surface area contributed by atoms with Crippen molar-refractivity contribution >= 4 is 15.9 Å². The molecule has 0 saturated carbocycles. The van der Waals surface area contributed by atoms with Crippen molar-refractivity contribution in [2.24, 2.45) is 0 Å². The molecule has 0 aromatic heterocycles. The largest absolute Gasteiger partial charge is 0.374 e. The average molecular weight is 255 g/mol. The lowest BCUT2D eigenvalue weighted by atomic mass is 10.1. The van der Waals surface area contributed by atoms with Crippen LogP contribution in [0.3, 0.4) is 0 Å². The number of halogens is 1. The van der Waals surface area contributed by atoms with Crippen molar-refractivity contribution in [3.63, 3.8) is 0 Å². The normalized spacial score (nSPS) is 29.0. The zero-order valence-corrected chi connectivity index (χ0v) is 9.91. The summed E-state index contributed by atoms with van der Waals surface area (Å²) in [5.41, 5.74) is 1.31. The third kappa shape index (κ3) is 2.18. The molecule has 1 fully saturated rings. The fourth-order valence-corrected chi connectivity index (χ4v) is 2.59. The van der Waals surface area contributed by atoms with Crippen LogP contribution < -0.4 is 0 Å². The van der Waals surface area contributed by atoms with Crippen LogP contribution in [0.1, 0.15) is 30.2 Å². The lowest BCUT2D eigenvalue weighted by Crippen LogP contribution is -2.14. The van der Waals surface area contributed by atoms with Crippen molar-refractivity contribution in [3.05, 3.63) is 35.9 Å². The molecule has 0 radical (unpaired) electrons. The Balaban J connectivity index is 2.05. The van der Waals surface area contributed by atoms with Crippen molar-refractivity contribution in [3.8, 4) is 0 Å². The van der Waals surface area contributed by atoms with Gasteiger partial charge in [0, 0.05) is 0 Å². The Bertz CT molecular complexity index is 286. The highest BCUT2D eigenvalue weighted by molar-refractivity contribution is 9.09. The Morgan fingerprint density at radius 1 is 1.29 bits per heavy atom. The standard InChI is InChI=1S/C12H15BrO/c1-9-7-8-11(14-9)12(13)10-5-3-2-4-6-10/h2-6,9,11-12H,7-8H2,1H3. The molecule has 1 nitrogen and oxygen atoms in total. The first-order chi connectivity index (χ1) is 6.77. The molecule has 3 atom stereocenters. The molecule has 1 heterocycles. The van der Waals surface area contributed by atoms with E-state index in [4.69, 9.17) is 4.74 Å². The highest BCUT2D eigenvalue weighted by atomic mass is 79.9. The van der Waals surface area contributed by atoms with E-state index in [1.807, 2.05) is 6.07 Å². The van der Waals surface area contributed by atoms with Crippen LogP contribution in [-0.2, 0) is 4.74 Å². The van der Waals surface area contributed by atoms with E-state index in [1.165, 1.54) is 12.0 Å². The third-order valence-electron chi connectivity index (χ3n) is 2.71. The van der Waals surface area contributed by atoms with Gasteiger partial charge in [0.1, 0.15) is 0 Å². The molecule has 0 bridgehead atoms. The van der Waals surface area contributed by atoms with Crippen molar-refractivity contribution in [2.75, 3.05) is 0 Å². The summed E-state index contributed by atoms with van der Waals surface area (Å²) in [7, 11) is 0. The minimum atomic E-state index is 0.340. The summed E-state index contributed by atoms with van der Waals surface area (Å²) < 4.78 is 5.83. The van der Waals surface area contributed by atoms with Gasteiger partial charge >= 0.3 is 0 Å². The zero-order valence-electron chi connectivity index (χ0n) is 8.32. The maximum atomic E-state index is 5.83. The Morgan fingerprint density at radius 3 is 2.57 bits per heavy atom. The van der Waals surface area contributed by atoms with Gasteiger partial charge in [-0.3, -0.25) is 0 Å². The maximum Gasteiger partial charge on any atom is 0.0745 e. The van der Waals surface area contributed by atoms with Gasteiger partial charge in [0.2, 0.25) is 0 Å². The Labute approximate surface area is 93.6 Å². The summed E-state index contributed by atoms with van der Waals surface area (Å²) >= 11 is 3.72. The zero-order chi connectivity index (χ0) is 9.97. The SMILES string of the molecule is CC1CCC(C(Br)c2ccccc2)O1. The highest BCUT2D eigenvalue weighted by Crippen LogP contribution is 2.35. The predicted molar refractivity (Wildman–Crippen MR) is 61.7 cm³/mol. The number of rotatable bonds is 2. The molecule has 1 aromatic rings. The van der Waals surface area contributed by atoms with Crippen LogP contribution in [0.5, 0.6) is 0 Å². The molecule has 1 saturated heterocycles. The van der Waals surface area contributed by atoms with E-state index in [2.05, 4.69) is 47.1 Å². The van der Waals surface area contributed by atoms with Crippen LogP contribution in [0, 0.1) is 0 Å². The van der Waals surface area contributed by atoms with Gasteiger partial charge in [-0.15, -0.1) is 0 Å². The lowest BCUT2D eigenvalue weighted by molar-refractivity contribution is 0.0557. The molecule has 2 rings (SSSR count). The molecule has 1 aromatic carbocycles. The summed E-state index contributed by atoms with van der Waals surface area (Å²) in [6.07, 6.45) is 3.10. The molecule has 0 amide bonds. The average Bonchev–Trinajstić information content (AvgIpc) is 2.65. The first-order valence-corrected chi connectivity index (χ1v) is 6.03. The van der Waals surface area contributed by atoms with Gasteiger partial charge in [-0.25, -0.2) is 0 Å². The van der Waals surface area contributed by atoms with E-state index in [9.17, 15) is 0 Å². The number of alkyl halides is 1. The number of ether oxygens (including phenoxy) is 1. The summed E-state index contributed by atoms with van der Waals surface area (Å²) in [5, 5.41) is 0. The molecule has 1 aliphatic heterocycles.